The Kier molecular flexibility index (Phi) is 10.4. The van der Waals surface area contributed by atoms with Crippen LogP contribution >= 0.6 is 0 Å². The van der Waals surface area contributed by atoms with Crippen molar-refractivity contribution in [1.29, 1.82) is 0 Å². The minimum Gasteiger partial charge on any atom is -0.352 e. The first-order valence-electron chi connectivity index (χ1n) is 14.6. The van der Waals surface area contributed by atoms with E-state index in [0.717, 1.165) is 47.5 Å². The summed E-state index contributed by atoms with van der Waals surface area (Å²) in [5.41, 5.74) is 2.83. The first-order valence-corrected chi connectivity index (χ1v) is 16.0. The van der Waals surface area contributed by atoms with Gasteiger partial charge in [-0.05, 0) is 75.1 Å². The van der Waals surface area contributed by atoms with Gasteiger partial charge in [0.1, 0.15) is 18.4 Å². The molecular formula is C33H40FN3O4S. The molecule has 3 aromatic carbocycles. The fraction of sp³-hybridized carbons (Fsp3) is 0.394. The molecule has 2 amide bonds. The summed E-state index contributed by atoms with van der Waals surface area (Å²) in [7, 11) is -4.13. The van der Waals surface area contributed by atoms with E-state index in [1.54, 1.807) is 48.5 Å². The molecule has 0 radical (unpaired) electrons. The number of carbonyl (C=O) groups excluding carboxylic acids is 2. The summed E-state index contributed by atoms with van der Waals surface area (Å²) in [4.78, 5) is 29.2. The standard InChI is InChI=1S/C33H40FN3O4S/c1-4-31(33(39)35-28-8-6-5-7-9-28)36(22-26-14-16-27(34)17-15-26)32(38)23-37(29-18-10-24(2)11-19-29)42(40,41)30-20-12-25(3)13-21-30/h10-21,28,31H,4-9,22-23H2,1-3H3,(H,35,39). The minimum absolute atomic E-state index is 0.0298. The van der Waals surface area contributed by atoms with E-state index in [1.807, 2.05) is 20.8 Å². The molecule has 0 aromatic heterocycles. The highest BCUT2D eigenvalue weighted by Crippen LogP contribution is 2.26. The molecule has 1 unspecified atom stereocenters. The zero-order valence-corrected chi connectivity index (χ0v) is 25.4. The normalized spacial score (nSPS) is 14.7. The molecule has 4 rings (SSSR count). The zero-order valence-electron chi connectivity index (χ0n) is 24.6. The Morgan fingerprint density at radius 1 is 0.881 bits per heavy atom. The Hall–Kier alpha value is -3.72. The molecule has 42 heavy (non-hydrogen) atoms. The molecule has 0 aliphatic heterocycles. The molecule has 0 heterocycles. The number of nitrogens with one attached hydrogen (secondary N) is 1. The quantitative estimate of drug-likeness (QED) is 0.300. The number of nitrogens with zero attached hydrogens (tertiary/aromatic N) is 2. The summed E-state index contributed by atoms with van der Waals surface area (Å²) in [6.07, 6.45) is 5.35. The van der Waals surface area contributed by atoms with Crippen molar-refractivity contribution in [3.05, 3.63) is 95.3 Å². The second kappa shape index (κ2) is 14.0. The van der Waals surface area contributed by atoms with Crippen LogP contribution in [0.4, 0.5) is 10.1 Å². The molecule has 3 aromatic rings. The van der Waals surface area contributed by atoms with Gasteiger partial charge in [0.25, 0.3) is 10.0 Å². The van der Waals surface area contributed by atoms with Crippen LogP contribution in [0.2, 0.25) is 0 Å². The van der Waals surface area contributed by atoms with Crippen LogP contribution in [0.3, 0.4) is 0 Å². The van der Waals surface area contributed by atoms with E-state index in [9.17, 15) is 22.4 Å². The third-order valence-electron chi connectivity index (χ3n) is 7.81. The average molecular weight is 594 g/mol. The summed E-state index contributed by atoms with van der Waals surface area (Å²) in [6, 6.07) is 18.4. The Bertz CT molecular complexity index is 1450. The van der Waals surface area contributed by atoms with Crippen molar-refractivity contribution in [2.75, 3.05) is 10.8 Å². The average Bonchev–Trinajstić information content (AvgIpc) is 2.98. The topological polar surface area (TPSA) is 86.8 Å². The van der Waals surface area contributed by atoms with E-state index in [2.05, 4.69) is 5.32 Å². The van der Waals surface area contributed by atoms with Crippen LogP contribution in [0.25, 0.3) is 0 Å². The van der Waals surface area contributed by atoms with Crippen LogP contribution < -0.4 is 9.62 Å². The predicted molar refractivity (Wildman–Crippen MR) is 163 cm³/mol. The molecule has 1 saturated carbocycles. The van der Waals surface area contributed by atoms with Gasteiger partial charge in [-0.25, -0.2) is 12.8 Å². The van der Waals surface area contributed by atoms with Gasteiger partial charge in [0.05, 0.1) is 10.6 Å². The summed E-state index contributed by atoms with van der Waals surface area (Å²) < 4.78 is 42.7. The lowest BCUT2D eigenvalue weighted by Crippen LogP contribution is -2.54. The molecule has 1 aliphatic rings. The fourth-order valence-corrected chi connectivity index (χ4v) is 6.74. The first-order chi connectivity index (χ1) is 20.1. The summed E-state index contributed by atoms with van der Waals surface area (Å²) in [5, 5.41) is 3.13. The number of sulfonamides is 1. The Morgan fingerprint density at radius 3 is 2.02 bits per heavy atom. The summed E-state index contributed by atoms with van der Waals surface area (Å²) in [5.74, 6) is -1.20. The largest absolute Gasteiger partial charge is 0.352 e. The third kappa shape index (κ3) is 7.76. The van der Waals surface area contributed by atoms with Gasteiger partial charge in [0.15, 0.2) is 0 Å². The van der Waals surface area contributed by atoms with E-state index in [-0.39, 0.29) is 23.4 Å². The van der Waals surface area contributed by atoms with Gasteiger partial charge in [0, 0.05) is 12.6 Å². The maximum absolute atomic E-state index is 14.2. The maximum atomic E-state index is 14.2. The molecule has 1 N–H and O–H groups in total. The van der Waals surface area contributed by atoms with E-state index >= 15 is 0 Å². The van der Waals surface area contributed by atoms with Crippen molar-refractivity contribution in [3.8, 4) is 0 Å². The van der Waals surface area contributed by atoms with Gasteiger partial charge in [0.2, 0.25) is 11.8 Å². The van der Waals surface area contributed by atoms with E-state index < -0.39 is 34.3 Å². The number of aryl methyl sites for hydroxylation is 2. The SMILES string of the molecule is CCC(C(=O)NC1CCCCC1)N(Cc1ccc(F)cc1)C(=O)CN(c1ccc(C)cc1)S(=O)(=O)c1ccc(C)cc1. The maximum Gasteiger partial charge on any atom is 0.264 e. The molecule has 1 atom stereocenters. The van der Waals surface area contributed by atoms with Crippen LogP contribution in [0.1, 0.15) is 62.1 Å². The second-order valence-corrected chi connectivity index (χ2v) is 12.9. The van der Waals surface area contributed by atoms with Gasteiger partial charge in [-0.2, -0.15) is 0 Å². The smallest absolute Gasteiger partial charge is 0.264 e. The molecule has 0 bridgehead atoms. The van der Waals surface area contributed by atoms with E-state index in [0.29, 0.717) is 17.7 Å². The number of amides is 2. The summed E-state index contributed by atoms with van der Waals surface area (Å²) >= 11 is 0. The number of hydrogen-bond donors (Lipinski definition) is 1. The molecule has 9 heteroatoms. The number of carbonyl (C=O) groups is 2. The van der Waals surface area contributed by atoms with Crippen LogP contribution in [0.15, 0.2) is 77.7 Å². The van der Waals surface area contributed by atoms with Gasteiger partial charge in [-0.15, -0.1) is 0 Å². The number of benzene rings is 3. The molecule has 0 saturated heterocycles. The van der Waals surface area contributed by atoms with E-state index in [4.69, 9.17) is 0 Å². The Labute approximate surface area is 248 Å². The Balaban J connectivity index is 1.69. The molecule has 1 aliphatic carbocycles. The third-order valence-corrected chi connectivity index (χ3v) is 9.60. The minimum atomic E-state index is -4.13. The van der Waals surface area contributed by atoms with Gasteiger partial charge in [-0.3, -0.25) is 13.9 Å². The first kappa shape index (κ1) is 31.2. The van der Waals surface area contributed by atoms with Crippen molar-refractivity contribution in [3.63, 3.8) is 0 Å². The molecule has 0 spiro atoms. The fourth-order valence-electron chi connectivity index (χ4n) is 5.33. The van der Waals surface area contributed by atoms with Crippen LogP contribution in [-0.2, 0) is 26.2 Å². The van der Waals surface area contributed by atoms with E-state index in [1.165, 1.54) is 29.2 Å². The highest BCUT2D eigenvalue weighted by atomic mass is 32.2. The van der Waals surface area contributed by atoms with Crippen molar-refractivity contribution >= 4 is 27.5 Å². The van der Waals surface area contributed by atoms with Crippen LogP contribution in [-0.4, -0.2) is 43.8 Å². The molecule has 224 valence electrons. The monoisotopic (exact) mass is 593 g/mol. The molecule has 1 fully saturated rings. The van der Waals surface area contributed by atoms with Gasteiger partial charge in [-0.1, -0.05) is 73.7 Å². The summed E-state index contributed by atoms with van der Waals surface area (Å²) in [6.45, 7) is 5.12. The second-order valence-electron chi connectivity index (χ2n) is 11.1. The van der Waals surface area contributed by atoms with Crippen LogP contribution in [0, 0.1) is 19.7 Å². The highest BCUT2D eigenvalue weighted by Gasteiger charge is 2.34. The van der Waals surface area contributed by atoms with Gasteiger partial charge >= 0.3 is 0 Å². The number of halogens is 1. The molecule has 7 nitrogen and oxygen atoms in total. The van der Waals surface area contributed by atoms with Crippen molar-refractivity contribution < 1.29 is 22.4 Å². The Morgan fingerprint density at radius 2 is 1.45 bits per heavy atom. The van der Waals surface area contributed by atoms with Gasteiger partial charge < -0.3 is 10.2 Å². The zero-order chi connectivity index (χ0) is 30.3. The lowest BCUT2D eigenvalue weighted by atomic mass is 9.95. The van der Waals surface area contributed by atoms with Crippen LogP contribution in [0.5, 0.6) is 0 Å². The van der Waals surface area contributed by atoms with Crippen molar-refractivity contribution in [1.82, 2.24) is 10.2 Å². The highest BCUT2D eigenvalue weighted by molar-refractivity contribution is 7.92. The van der Waals surface area contributed by atoms with Crippen molar-refractivity contribution in [2.24, 2.45) is 0 Å². The lowest BCUT2D eigenvalue weighted by Gasteiger charge is -2.34. The molecular weight excluding hydrogens is 553 g/mol. The number of anilines is 1. The lowest BCUT2D eigenvalue weighted by molar-refractivity contribution is -0.140. The number of rotatable bonds is 11. The number of hydrogen-bond acceptors (Lipinski definition) is 4. The predicted octanol–water partition coefficient (Wildman–Crippen LogP) is 5.89. The van der Waals surface area contributed by atoms with Crippen molar-refractivity contribution in [2.45, 2.75) is 82.8 Å².